The fourth-order valence-electron chi connectivity index (χ4n) is 4.04. The maximum absolute atomic E-state index is 12.6. The topological polar surface area (TPSA) is 87.7 Å². The number of fused-ring (bicyclic) bond motifs is 3. The molecule has 8 heteroatoms. The summed E-state index contributed by atoms with van der Waals surface area (Å²) in [5.41, 5.74) is 1.91. The molecule has 4 rings (SSSR count). The lowest BCUT2D eigenvalue weighted by Gasteiger charge is -2.28. The van der Waals surface area contributed by atoms with Crippen molar-refractivity contribution in [3.8, 4) is 0 Å². The molecule has 1 amide bonds. The van der Waals surface area contributed by atoms with Crippen LogP contribution in [0.2, 0.25) is 0 Å². The van der Waals surface area contributed by atoms with E-state index in [0.717, 1.165) is 43.5 Å². The molecule has 2 N–H and O–H groups in total. The Kier molecular flexibility index (Phi) is 4.53. The molecule has 3 heterocycles. The van der Waals surface area contributed by atoms with Crippen LogP contribution < -0.4 is 10.0 Å². The molecule has 0 radical (unpaired) electrons. The zero-order valence-electron chi connectivity index (χ0n) is 14.0. The lowest BCUT2D eigenvalue weighted by molar-refractivity contribution is -0.132. The van der Waals surface area contributed by atoms with E-state index in [0.29, 0.717) is 13.2 Å². The van der Waals surface area contributed by atoms with Crippen LogP contribution in [-0.4, -0.2) is 50.9 Å². The number of ether oxygens (including phenoxy) is 1. The van der Waals surface area contributed by atoms with Gasteiger partial charge in [0.15, 0.2) is 0 Å². The molecule has 1 aromatic rings. The zero-order chi connectivity index (χ0) is 17.4. The summed E-state index contributed by atoms with van der Waals surface area (Å²) in [7, 11) is -3.71. The average molecular weight is 365 g/mol. The molecule has 2 atom stereocenters. The van der Waals surface area contributed by atoms with Gasteiger partial charge in [0.2, 0.25) is 15.9 Å². The monoisotopic (exact) mass is 365 g/mol. The number of carbonyl (C=O) groups excluding carboxylic acids is 1. The summed E-state index contributed by atoms with van der Waals surface area (Å²) in [5.74, 6) is -0.135. The van der Waals surface area contributed by atoms with Crippen molar-refractivity contribution in [1.29, 1.82) is 0 Å². The Labute approximate surface area is 147 Å². The summed E-state index contributed by atoms with van der Waals surface area (Å²) >= 11 is 0. The summed E-state index contributed by atoms with van der Waals surface area (Å²) in [5, 5.41) is 3.34. The van der Waals surface area contributed by atoms with Gasteiger partial charge in [0, 0.05) is 18.6 Å². The van der Waals surface area contributed by atoms with Gasteiger partial charge in [-0.05, 0) is 49.1 Å². The van der Waals surface area contributed by atoms with E-state index in [-0.39, 0.29) is 29.4 Å². The van der Waals surface area contributed by atoms with Crippen molar-refractivity contribution in [3.05, 3.63) is 29.3 Å². The zero-order valence-corrected chi connectivity index (χ0v) is 14.8. The number of hydrogen-bond donors (Lipinski definition) is 2. The Hall–Kier alpha value is -1.48. The summed E-state index contributed by atoms with van der Waals surface area (Å²) in [6.07, 6.45) is 2.93. The molecule has 1 aromatic carbocycles. The van der Waals surface area contributed by atoms with E-state index < -0.39 is 10.0 Å². The molecule has 3 aliphatic heterocycles. The van der Waals surface area contributed by atoms with E-state index in [9.17, 15) is 13.2 Å². The molecule has 3 aliphatic rings. The highest BCUT2D eigenvalue weighted by Gasteiger charge is 2.38. The molecule has 25 heavy (non-hydrogen) atoms. The first-order chi connectivity index (χ1) is 12.0. The standard InChI is InChI=1S/C17H23N3O4S/c21-17(20-14-2-3-15(20)8-18-6-5-14)9-19-25(22,23)16-4-1-12-10-24-11-13(12)7-16/h1,4,7,14-15,18-19H,2-3,5-6,8-11H2. The fraction of sp³-hybridized carbons (Fsp3) is 0.588. The fourth-order valence-corrected chi connectivity index (χ4v) is 5.06. The van der Waals surface area contributed by atoms with Gasteiger partial charge in [-0.2, -0.15) is 0 Å². The van der Waals surface area contributed by atoms with E-state index in [4.69, 9.17) is 4.74 Å². The molecule has 0 spiro atoms. The number of benzene rings is 1. The molecule has 2 saturated heterocycles. The number of rotatable bonds is 4. The molecule has 2 fully saturated rings. The normalized spacial score (nSPS) is 25.7. The van der Waals surface area contributed by atoms with Crippen molar-refractivity contribution in [2.45, 2.75) is 49.5 Å². The van der Waals surface area contributed by atoms with Gasteiger partial charge in [-0.1, -0.05) is 6.07 Å². The maximum Gasteiger partial charge on any atom is 0.241 e. The minimum Gasteiger partial charge on any atom is -0.372 e. The van der Waals surface area contributed by atoms with Crippen LogP contribution in [-0.2, 0) is 32.8 Å². The molecule has 0 aliphatic carbocycles. The lowest BCUT2D eigenvalue weighted by atomic mass is 10.1. The number of sulfonamides is 1. The van der Waals surface area contributed by atoms with Gasteiger partial charge in [-0.15, -0.1) is 0 Å². The Morgan fingerprint density at radius 1 is 1.20 bits per heavy atom. The van der Waals surface area contributed by atoms with Crippen LogP contribution in [0, 0.1) is 0 Å². The number of carbonyl (C=O) groups is 1. The predicted octanol–water partition coefficient (Wildman–Crippen LogP) is 0.348. The molecule has 2 unspecified atom stereocenters. The SMILES string of the molecule is O=C(CNS(=O)(=O)c1ccc2c(c1)COC2)N1C2CCNCC1CC2. The maximum atomic E-state index is 12.6. The number of hydrogen-bond acceptors (Lipinski definition) is 5. The van der Waals surface area contributed by atoms with Gasteiger partial charge < -0.3 is 15.0 Å². The van der Waals surface area contributed by atoms with Gasteiger partial charge in [0.05, 0.1) is 24.7 Å². The van der Waals surface area contributed by atoms with Crippen molar-refractivity contribution in [2.75, 3.05) is 19.6 Å². The van der Waals surface area contributed by atoms with Crippen LogP contribution in [0.25, 0.3) is 0 Å². The second-order valence-corrected chi connectivity index (χ2v) is 8.69. The van der Waals surface area contributed by atoms with Crippen LogP contribution in [0.5, 0.6) is 0 Å². The van der Waals surface area contributed by atoms with Crippen LogP contribution in [0.4, 0.5) is 0 Å². The van der Waals surface area contributed by atoms with Gasteiger partial charge in [-0.25, -0.2) is 13.1 Å². The van der Waals surface area contributed by atoms with E-state index in [1.807, 2.05) is 4.90 Å². The highest BCUT2D eigenvalue weighted by molar-refractivity contribution is 7.89. The van der Waals surface area contributed by atoms with Crippen molar-refractivity contribution < 1.29 is 17.9 Å². The molecule has 0 aromatic heterocycles. The van der Waals surface area contributed by atoms with E-state index in [2.05, 4.69) is 10.0 Å². The lowest BCUT2D eigenvalue weighted by Crippen LogP contribution is -2.47. The number of amides is 1. The molecular weight excluding hydrogens is 342 g/mol. The first-order valence-electron chi connectivity index (χ1n) is 8.76. The molecule has 2 bridgehead atoms. The first-order valence-corrected chi connectivity index (χ1v) is 10.2. The van der Waals surface area contributed by atoms with Gasteiger partial charge in [0.25, 0.3) is 0 Å². The quantitative estimate of drug-likeness (QED) is 0.804. The second-order valence-electron chi connectivity index (χ2n) is 6.93. The van der Waals surface area contributed by atoms with Crippen LogP contribution >= 0.6 is 0 Å². The van der Waals surface area contributed by atoms with Crippen LogP contribution in [0.1, 0.15) is 30.4 Å². The minimum atomic E-state index is -3.71. The Morgan fingerprint density at radius 3 is 2.88 bits per heavy atom. The Balaban J connectivity index is 1.44. The Bertz CT molecular complexity index is 766. The van der Waals surface area contributed by atoms with E-state index >= 15 is 0 Å². The van der Waals surface area contributed by atoms with Crippen LogP contribution in [0.3, 0.4) is 0 Å². The first kappa shape index (κ1) is 17.0. The molecule has 0 saturated carbocycles. The predicted molar refractivity (Wildman–Crippen MR) is 91.3 cm³/mol. The Morgan fingerprint density at radius 2 is 2.00 bits per heavy atom. The van der Waals surface area contributed by atoms with Crippen molar-refractivity contribution in [2.24, 2.45) is 0 Å². The number of nitrogens with one attached hydrogen (secondary N) is 2. The summed E-state index contributed by atoms with van der Waals surface area (Å²) < 4.78 is 32.9. The highest BCUT2D eigenvalue weighted by Crippen LogP contribution is 2.28. The third-order valence-electron chi connectivity index (χ3n) is 5.36. The number of nitrogens with zero attached hydrogens (tertiary/aromatic N) is 1. The third kappa shape index (κ3) is 3.31. The highest BCUT2D eigenvalue weighted by atomic mass is 32.2. The molecule has 136 valence electrons. The third-order valence-corrected chi connectivity index (χ3v) is 6.76. The van der Waals surface area contributed by atoms with E-state index in [1.54, 1.807) is 18.2 Å². The summed E-state index contributed by atoms with van der Waals surface area (Å²) in [6, 6.07) is 5.39. The van der Waals surface area contributed by atoms with Crippen molar-refractivity contribution in [1.82, 2.24) is 14.9 Å². The van der Waals surface area contributed by atoms with E-state index in [1.165, 1.54) is 0 Å². The van der Waals surface area contributed by atoms with Gasteiger partial charge in [-0.3, -0.25) is 4.79 Å². The minimum absolute atomic E-state index is 0.135. The summed E-state index contributed by atoms with van der Waals surface area (Å²) in [4.78, 5) is 14.7. The van der Waals surface area contributed by atoms with Crippen LogP contribution in [0.15, 0.2) is 23.1 Å². The molecular formula is C17H23N3O4S. The van der Waals surface area contributed by atoms with Crippen molar-refractivity contribution in [3.63, 3.8) is 0 Å². The smallest absolute Gasteiger partial charge is 0.241 e. The average Bonchev–Trinajstić information content (AvgIpc) is 3.15. The molecule has 7 nitrogen and oxygen atoms in total. The van der Waals surface area contributed by atoms with Gasteiger partial charge in [0.1, 0.15) is 0 Å². The van der Waals surface area contributed by atoms with Crippen molar-refractivity contribution >= 4 is 15.9 Å². The second kappa shape index (κ2) is 6.68. The summed E-state index contributed by atoms with van der Waals surface area (Å²) in [6.45, 7) is 2.46. The van der Waals surface area contributed by atoms with Gasteiger partial charge >= 0.3 is 0 Å². The largest absolute Gasteiger partial charge is 0.372 e.